The molecule has 0 N–H and O–H groups in total. The van der Waals surface area contributed by atoms with Crippen LogP contribution < -0.4 is 14.4 Å². The van der Waals surface area contributed by atoms with Gasteiger partial charge in [-0.25, -0.2) is 0 Å². The van der Waals surface area contributed by atoms with Crippen LogP contribution in [0.15, 0.2) is 53.1 Å². The van der Waals surface area contributed by atoms with Crippen LogP contribution in [0.1, 0.15) is 25.8 Å². The quantitative estimate of drug-likeness (QED) is 0.687. The molecule has 2 aromatic carbocycles. The summed E-state index contributed by atoms with van der Waals surface area (Å²) in [7, 11) is 0. The largest absolute Gasteiger partial charge is 0.482 e. The zero-order valence-electron chi connectivity index (χ0n) is 15.1. The normalized spacial score (nSPS) is 14.4. The number of para-hydroxylation sites is 1. The van der Waals surface area contributed by atoms with Crippen LogP contribution in [0.5, 0.6) is 11.5 Å². The number of carbonyl (C=O) groups is 1. The van der Waals surface area contributed by atoms with Gasteiger partial charge in [-0.15, -0.1) is 0 Å². The molecule has 1 aliphatic heterocycles. The third kappa shape index (κ3) is 3.36. The Hall–Kier alpha value is -3.35. The molecule has 27 heavy (non-hydrogen) atoms. The third-order valence-corrected chi connectivity index (χ3v) is 4.32. The predicted octanol–water partition coefficient (Wildman–Crippen LogP) is 3.62. The molecule has 1 atom stereocenters. The average Bonchev–Trinajstić information content (AvgIpc) is 3.19. The molecule has 2 heterocycles. The molecule has 7 nitrogen and oxygen atoms in total. The Morgan fingerprint density at radius 2 is 2.04 bits per heavy atom. The van der Waals surface area contributed by atoms with E-state index in [4.69, 9.17) is 14.0 Å². The van der Waals surface area contributed by atoms with Crippen LogP contribution in [0.25, 0.3) is 11.4 Å². The maximum Gasteiger partial charge on any atom is 0.267 e. The first-order valence-corrected chi connectivity index (χ1v) is 8.78. The van der Waals surface area contributed by atoms with Crippen molar-refractivity contribution in [1.29, 1.82) is 0 Å². The maximum absolute atomic E-state index is 12.0. The molecule has 0 saturated carbocycles. The van der Waals surface area contributed by atoms with Gasteiger partial charge in [-0.3, -0.25) is 4.79 Å². The first-order chi connectivity index (χ1) is 13.2. The monoisotopic (exact) mass is 365 g/mol. The number of likely N-dealkylation sites (N-methyl/N-ethyl adjacent to an activating group) is 1. The van der Waals surface area contributed by atoms with E-state index in [1.54, 1.807) is 4.90 Å². The van der Waals surface area contributed by atoms with Crippen LogP contribution in [0.2, 0.25) is 0 Å². The summed E-state index contributed by atoms with van der Waals surface area (Å²) >= 11 is 0. The summed E-state index contributed by atoms with van der Waals surface area (Å²) < 4.78 is 16.7. The molecule has 0 saturated heterocycles. The summed E-state index contributed by atoms with van der Waals surface area (Å²) in [6.45, 7) is 4.40. The highest BCUT2D eigenvalue weighted by Crippen LogP contribution is 2.35. The maximum atomic E-state index is 12.0. The summed E-state index contributed by atoms with van der Waals surface area (Å²) in [5.74, 6) is 2.15. The van der Waals surface area contributed by atoms with E-state index < -0.39 is 0 Å². The molecule has 1 aliphatic rings. The van der Waals surface area contributed by atoms with Gasteiger partial charge in [0.05, 0.1) is 5.69 Å². The lowest BCUT2D eigenvalue weighted by Crippen LogP contribution is -2.38. The molecular formula is C20H19N3O4. The lowest BCUT2D eigenvalue weighted by Gasteiger charge is -2.28. The van der Waals surface area contributed by atoms with Crippen LogP contribution >= 0.6 is 0 Å². The van der Waals surface area contributed by atoms with E-state index in [-0.39, 0.29) is 18.6 Å². The summed E-state index contributed by atoms with van der Waals surface area (Å²) in [5.41, 5.74) is 1.46. The highest BCUT2D eigenvalue weighted by Gasteiger charge is 2.25. The van der Waals surface area contributed by atoms with Crippen LogP contribution in [0, 0.1) is 0 Å². The molecule has 4 rings (SSSR count). The number of hydrogen-bond acceptors (Lipinski definition) is 6. The molecule has 1 aromatic heterocycles. The van der Waals surface area contributed by atoms with Gasteiger partial charge in [0.2, 0.25) is 5.82 Å². The smallest absolute Gasteiger partial charge is 0.267 e. The van der Waals surface area contributed by atoms with Crippen LogP contribution in [0.4, 0.5) is 5.69 Å². The molecular weight excluding hydrogens is 346 g/mol. The third-order valence-electron chi connectivity index (χ3n) is 4.32. The number of benzene rings is 2. The highest BCUT2D eigenvalue weighted by atomic mass is 16.5. The van der Waals surface area contributed by atoms with E-state index in [1.807, 2.05) is 62.4 Å². The van der Waals surface area contributed by atoms with Crippen molar-refractivity contribution in [1.82, 2.24) is 10.1 Å². The van der Waals surface area contributed by atoms with Gasteiger partial charge >= 0.3 is 0 Å². The molecule has 1 unspecified atom stereocenters. The van der Waals surface area contributed by atoms with Gasteiger partial charge in [0.1, 0.15) is 11.5 Å². The second kappa shape index (κ2) is 7.11. The first-order valence-electron chi connectivity index (χ1n) is 8.78. The molecule has 0 spiro atoms. The van der Waals surface area contributed by atoms with Crippen molar-refractivity contribution in [2.75, 3.05) is 18.1 Å². The minimum atomic E-state index is -0.386. The topological polar surface area (TPSA) is 77.7 Å². The fourth-order valence-electron chi connectivity index (χ4n) is 2.96. The fourth-order valence-corrected chi connectivity index (χ4v) is 2.96. The Morgan fingerprint density at radius 1 is 1.22 bits per heavy atom. The van der Waals surface area contributed by atoms with E-state index in [0.717, 1.165) is 11.3 Å². The van der Waals surface area contributed by atoms with E-state index in [0.29, 0.717) is 29.7 Å². The molecule has 1 amide bonds. The Labute approximate surface area is 156 Å². The molecule has 0 bridgehead atoms. The van der Waals surface area contributed by atoms with Gasteiger partial charge in [-0.05, 0) is 44.2 Å². The Balaban J connectivity index is 1.58. The van der Waals surface area contributed by atoms with Gasteiger partial charge in [0.15, 0.2) is 12.7 Å². The Bertz CT molecular complexity index is 955. The van der Waals surface area contributed by atoms with Gasteiger partial charge in [0.25, 0.3) is 11.8 Å². The minimum Gasteiger partial charge on any atom is -0.482 e. The lowest BCUT2D eigenvalue weighted by molar-refractivity contribution is -0.121. The summed E-state index contributed by atoms with van der Waals surface area (Å²) in [5, 5.41) is 4.06. The Morgan fingerprint density at radius 3 is 2.81 bits per heavy atom. The van der Waals surface area contributed by atoms with Crippen molar-refractivity contribution >= 4 is 11.6 Å². The fraction of sp³-hybridized carbons (Fsp3) is 0.250. The second-order valence-corrected chi connectivity index (χ2v) is 6.14. The van der Waals surface area contributed by atoms with Gasteiger partial charge in [0, 0.05) is 12.1 Å². The summed E-state index contributed by atoms with van der Waals surface area (Å²) in [6, 6.07) is 15.0. The Kier molecular flexibility index (Phi) is 4.50. The van der Waals surface area contributed by atoms with Crippen molar-refractivity contribution in [3.8, 4) is 22.9 Å². The molecule has 0 fully saturated rings. The van der Waals surface area contributed by atoms with Crippen LogP contribution in [-0.4, -0.2) is 29.2 Å². The second-order valence-electron chi connectivity index (χ2n) is 6.14. The average molecular weight is 365 g/mol. The SMILES string of the molecule is CCN1C(=O)COc2ccc(-c3noc(C(C)Oc4ccccc4)n3)cc21. The highest BCUT2D eigenvalue weighted by molar-refractivity contribution is 5.98. The van der Waals surface area contributed by atoms with E-state index in [2.05, 4.69) is 10.1 Å². The first kappa shape index (κ1) is 17.1. The van der Waals surface area contributed by atoms with Gasteiger partial charge < -0.3 is 18.9 Å². The molecule has 138 valence electrons. The number of carbonyl (C=O) groups excluding carboxylic acids is 1. The minimum absolute atomic E-state index is 0.0564. The number of hydrogen-bond donors (Lipinski definition) is 0. The summed E-state index contributed by atoms with van der Waals surface area (Å²) in [4.78, 5) is 18.2. The van der Waals surface area contributed by atoms with Gasteiger partial charge in [-0.2, -0.15) is 4.98 Å². The number of rotatable bonds is 5. The molecule has 0 aliphatic carbocycles. The van der Waals surface area contributed by atoms with Crippen molar-refractivity contribution in [3.05, 3.63) is 54.4 Å². The van der Waals surface area contributed by atoms with E-state index >= 15 is 0 Å². The van der Waals surface area contributed by atoms with Crippen molar-refractivity contribution in [2.24, 2.45) is 0 Å². The van der Waals surface area contributed by atoms with Crippen LogP contribution in [0.3, 0.4) is 0 Å². The number of anilines is 1. The number of amides is 1. The number of ether oxygens (including phenoxy) is 2. The van der Waals surface area contributed by atoms with Crippen molar-refractivity contribution in [3.63, 3.8) is 0 Å². The van der Waals surface area contributed by atoms with Crippen molar-refractivity contribution in [2.45, 2.75) is 20.0 Å². The number of fused-ring (bicyclic) bond motifs is 1. The number of aromatic nitrogens is 2. The van der Waals surface area contributed by atoms with E-state index in [9.17, 15) is 4.79 Å². The van der Waals surface area contributed by atoms with Gasteiger partial charge in [-0.1, -0.05) is 23.4 Å². The standard InChI is InChI=1S/C20H19N3O4/c1-3-23-16-11-14(9-10-17(16)25-12-18(23)24)19-21-20(27-22-19)13(2)26-15-7-5-4-6-8-15/h4-11,13H,3,12H2,1-2H3. The zero-order chi connectivity index (χ0) is 18.8. The zero-order valence-corrected chi connectivity index (χ0v) is 15.1. The van der Waals surface area contributed by atoms with Crippen LogP contribution in [-0.2, 0) is 4.79 Å². The summed E-state index contributed by atoms with van der Waals surface area (Å²) in [6.07, 6.45) is -0.386. The van der Waals surface area contributed by atoms with Crippen molar-refractivity contribution < 1.29 is 18.8 Å². The number of nitrogens with zero attached hydrogens (tertiary/aromatic N) is 3. The molecule has 3 aromatic rings. The lowest BCUT2D eigenvalue weighted by atomic mass is 10.1. The molecule has 0 radical (unpaired) electrons. The predicted molar refractivity (Wildman–Crippen MR) is 98.7 cm³/mol. The van der Waals surface area contributed by atoms with E-state index in [1.165, 1.54) is 0 Å². The molecule has 7 heteroatoms.